The Bertz CT molecular complexity index is 556. The zero-order valence-corrected chi connectivity index (χ0v) is 11.2. The van der Waals surface area contributed by atoms with Crippen LogP contribution in [0.3, 0.4) is 0 Å². The van der Waals surface area contributed by atoms with Crippen LogP contribution in [-0.2, 0) is 11.2 Å². The standard InChI is InChI=1S/C13H15NO3S/c1-3-8-5-6-10(17-8)11-7-9(14)12(18-11)13(15)16-4-2/h5-7H,3-4,14H2,1-2H3. The number of thiophene rings is 1. The van der Waals surface area contributed by atoms with E-state index in [4.69, 9.17) is 14.9 Å². The van der Waals surface area contributed by atoms with Gasteiger partial charge in [-0.2, -0.15) is 0 Å². The van der Waals surface area contributed by atoms with Crippen molar-refractivity contribution >= 4 is 23.0 Å². The molecule has 2 rings (SSSR count). The third-order valence-corrected chi connectivity index (χ3v) is 3.62. The van der Waals surface area contributed by atoms with Gasteiger partial charge in [0.15, 0.2) is 0 Å². The lowest BCUT2D eigenvalue weighted by Crippen LogP contribution is -2.04. The zero-order valence-electron chi connectivity index (χ0n) is 10.4. The van der Waals surface area contributed by atoms with Crippen LogP contribution in [0.4, 0.5) is 5.69 Å². The van der Waals surface area contributed by atoms with Gasteiger partial charge in [0, 0.05) is 6.42 Å². The van der Waals surface area contributed by atoms with Gasteiger partial charge in [0.1, 0.15) is 16.4 Å². The molecule has 2 aromatic rings. The van der Waals surface area contributed by atoms with Gasteiger partial charge >= 0.3 is 5.97 Å². The number of nitrogens with two attached hydrogens (primary N) is 1. The van der Waals surface area contributed by atoms with Crippen LogP contribution in [0.1, 0.15) is 29.3 Å². The molecule has 18 heavy (non-hydrogen) atoms. The lowest BCUT2D eigenvalue weighted by atomic mass is 10.3. The molecule has 0 radical (unpaired) electrons. The summed E-state index contributed by atoms with van der Waals surface area (Å²) in [5.41, 5.74) is 6.25. The van der Waals surface area contributed by atoms with Crippen LogP contribution >= 0.6 is 11.3 Å². The van der Waals surface area contributed by atoms with Crippen LogP contribution < -0.4 is 5.73 Å². The highest BCUT2D eigenvalue weighted by Crippen LogP contribution is 2.34. The highest BCUT2D eigenvalue weighted by molar-refractivity contribution is 7.17. The van der Waals surface area contributed by atoms with E-state index < -0.39 is 0 Å². The predicted octanol–water partition coefficient (Wildman–Crippen LogP) is 3.33. The highest BCUT2D eigenvalue weighted by Gasteiger charge is 2.17. The van der Waals surface area contributed by atoms with Crippen molar-refractivity contribution in [3.05, 3.63) is 28.8 Å². The summed E-state index contributed by atoms with van der Waals surface area (Å²) in [6.45, 7) is 4.13. The number of furan rings is 1. The van der Waals surface area contributed by atoms with Crippen molar-refractivity contribution in [2.24, 2.45) is 0 Å². The second-order valence-corrected chi connectivity index (χ2v) is 4.79. The summed E-state index contributed by atoms with van der Waals surface area (Å²) in [4.78, 5) is 12.9. The molecule has 0 bridgehead atoms. The van der Waals surface area contributed by atoms with E-state index in [0.29, 0.717) is 17.2 Å². The summed E-state index contributed by atoms with van der Waals surface area (Å²) in [6.07, 6.45) is 0.839. The fourth-order valence-corrected chi connectivity index (χ4v) is 2.52. The number of hydrogen-bond donors (Lipinski definition) is 1. The molecule has 0 saturated heterocycles. The van der Waals surface area contributed by atoms with Crippen molar-refractivity contribution in [3.8, 4) is 10.6 Å². The first-order valence-electron chi connectivity index (χ1n) is 5.81. The molecule has 0 aliphatic carbocycles. The van der Waals surface area contributed by atoms with E-state index in [1.807, 2.05) is 19.1 Å². The zero-order chi connectivity index (χ0) is 13.1. The lowest BCUT2D eigenvalue weighted by molar-refractivity contribution is 0.0533. The van der Waals surface area contributed by atoms with Crippen molar-refractivity contribution in [3.63, 3.8) is 0 Å². The van der Waals surface area contributed by atoms with E-state index in [-0.39, 0.29) is 5.97 Å². The van der Waals surface area contributed by atoms with Crippen LogP contribution in [0, 0.1) is 0 Å². The molecule has 0 amide bonds. The smallest absolute Gasteiger partial charge is 0.350 e. The molecule has 2 N–H and O–H groups in total. The molecule has 0 aromatic carbocycles. The second-order valence-electron chi connectivity index (χ2n) is 3.74. The number of hydrogen-bond acceptors (Lipinski definition) is 5. The van der Waals surface area contributed by atoms with Crippen molar-refractivity contribution in [2.45, 2.75) is 20.3 Å². The van der Waals surface area contributed by atoms with Gasteiger partial charge in [-0.25, -0.2) is 4.79 Å². The molecular formula is C13H15NO3S. The van der Waals surface area contributed by atoms with Gasteiger partial charge in [0.05, 0.1) is 17.2 Å². The first-order valence-corrected chi connectivity index (χ1v) is 6.62. The molecule has 0 unspecified atom stereocenters. The summed E-state index contributed by atoms with van der Waals surface area (Å²) in [5.74, 6) is 1.27. The Morgan fingerprint density at radius 2 is 2.22 bits per heavy atom. The average molecular weight is 265 g/mol. The second kappa shape index (κ2) is 5.27. The van der Waals surface area contributed by atoms with E-state index in [9.17, 15) is 4.79 Å². The van der Waals surface area contributed by atoms with Crippen LogP contribution in [0.5, 0.6) is 0 Å². The van der Waals surface area contributed by atoms with Gasteiger partial charge < -0.3 is 14.9 Å². The number of rotatable bonds is 4. The van der Waals surface area contributed by atoms with Gasteiger partial charge in [-0.05, 0) is 25.1 Å². The number of carbonyl (C=O) groups is 1. The quantitative estimate of drug-likeness (QED) is 0.861. The first kappa shape index (κ1) is 12.7. The fourth-order valence-electron chi connectivity index (χ4n) is 1.58. The monoisotopic (exact) mass is 265 g/mol. The Morgan fingerprint density at radius 3 is 2.83 bits per heavy atom. The normalized spacial score (nSPS) is 10.6. The molecule has 0 fully saturated rings. The van der Waals surface area contributed by atoms with Crippen LogP contribution in [0.25, 0.3) is 10.6 Å². The molecule has 5 heteroatoms. The van der Waals surface area contributed by atoms with Gasteiger partial charge in [0.2, 0.25) is 0 Å². The van der Waals surface area contributed by atoms with E-state index in [2.05, 4.69) is 0 Å². The number of ether oxygens (including phenoxy) is 1. The summed E-state index contributed by atoms with van der Waals surface area (Å²) < 4.78 is 10.6. The molecule has 2 heterocycles. The topological polar surface area (TPSA) is 65.5 Å². The maximum Gasteiger partial charge on any atom is 0.350 e. The Kier molecular flexibility index (Phi) is 3.72. The Labute approximate surface area is 109 Å². The fraction of sp³-hybridized carbons (Fsp3) is 0.308. The van der Waals surface area contributed by atoms with Crippen LogP contribution in [0.15, 0.2) is 22.6 Å². The lowest BCUT2D eigenvalue weighted by Gasteiger charge is -1.98. The summed E-state index contributed by atoms with van der Waals surface area (Å²) in [6, 6.07) is 5.56. The molecule has 0 aliphatic rings. The SMILES string of the molecule is CCOC(=O)c1sc(-c2ccc(CC)o2)cc1N. The molecular weight excluding hydrogens is 250 g/mol. The molecule has 2 aromatic heterocycles. The number of esters is 1. The predicted molar refractivity (Wildman–Crippen MR) is 71.8 cm³/mol. The molecule has 96 valence electrons. The number of nitrogen functional groups attached to an aromatic ring is 1. The maximum atomic E-state index is 11.6. The minimum atomic E-state index is -0.381. The number of anilines is 1. The summed E-state index contributed by atoms with van der Waals surface area (Å²) >= 11 is 1.29. The average Bonchev–Trinajstić information content (AvgIpc) is 2.95. The third kappa shape index (κ3) is 2.41. The van der Waals surface area contributed by atoms with Crippen LogP contribution in [-0.4, -0.2) is 12.6 Å². The summed E-state index contributed by atoms with van der Waals surface area (Å²) in [7, 11) is 0. The molecule has 0 aliphatic heterocycles. The highest BCUT2D eigenvalue weighted by atomic mass is 32.1. The van der Waals surface area contributed by atoms with E-state index in [1.165, 1.54) is 11.3 Å². The van der Waals surface area contributed by atoms with Crippen molar-refractivity contribution < 1.29 is 13.9 Å². The third-order valence-electron chi connectivity index (χ3n) is 2.47. The van der Waals surface area contributed by atoms with Crippen molar-refractivity contribution in [1.29, 1.82) is 0 Å². The van der Waals surface area contributed by atoms with E-state index in [1.54, 1.807) is 13.0 Å². The molecule has 4 nitrogen and oxygen atoms in total. The van der Waals surface area contributed by atoms with E-state index in [0.717, 1.165) is 22.8 Å². The van der Waals surface area contributed by atoms with Gasteiger partial charge in [-0.3, -0.25) is 0 Å². The molecule has 0 saturated carbocycles. The number of carbonyl (C=O) groups excluding carboxylic acids is 1. The number of aryl methyl sites for hydroxylation is 1. The van der Waals surface area contributed by atoms with Gasteiger partial charge in [-0.15, -0.1) is 11.3 Å². The van der Waals surface area contributed by atoms with Gasteiger partial charge in [-0.1, -0.05) is 6.92 Å². The Balaban J connectivity index is 2.30. The van der Waals surface area contributed by atoms with Gasteiger partial charge in [0.25, 0.3) is 0 Å². The van der Waals surface area contributed by atoms with Crippen molar-refractivity contribution in [1.82, 2.24) is 0 Å². The summed E-state index contributed by atoms with van der Waals surface area (Å²) in [5, 5.41) is 0. The molecule has 0 spiro atoms. The minimum Gasteiger partial charge on any atom is -0.462 e. The van der Waals surface area contributed by atoms with E-state index >= 15 is 0 Å². The maximum absolute atomic E-state index is 11.6. The van der Waals surface area contributed by atoms with Crippen LogP contribution in [0.2, 0.25) is 0 Å². The largest absolute Gasteiger partial charge is 0.462 e. The first-order chi connectivity index (χ1) is 8.65. The minimum absolute atomic E-state index is 0.340. The molecule has 0 atom stereocenters. The Morgan fingerprint density at radius 1 is 1.44 bits per heavy atom. The Hall–Kier alpha value is -1.75. The van der Waals surface area contributed by atoms with Crippen molar-refractivity contribution in [2.75, 3.05) is 12.3 Å².